The van der Waals surface area contributed by atoms with E-state index in [1.165, 1.54) is 5.56 Å². The highest BCUT2D eigenvalue weighted by molar-refractivity contribution is 5.79. The Morgan fingerprint density at radius 3 is 2.62 bits per heavy atom. The lowest BCUT2D eigenvalue weighted by molar-refractivity contribution is 0.174. The van der Waals surface area contributed by atoms with Crippen molar-refractivity contribution in [2.45, 2.75) is 26.3 Å². The number of guanidine groups is 1. The Bertz CT molecular complexity index is 744. The topological polar surface area (TPSA) is 75.1 Å². The van der Waals surface area contributed by atoms with Crippen LogP contribution in [0.15, 0.2) is 47.5 Å². The maximum atomic E-state index is 9.31. The number of phenolic OH excluding ortho intramolecular Hbond substituents is 1. The van der Waals surface area contributed by atoms with E-state index in [-0.39, 0.29) is 6.79 Å². The molecule has 0 unspecified atom stereocenters. The average molecular weight is 355 g/mol. The van der Waals surface area contributed by atoms with Gasteiger partial charge in [0.1, 0.15) is 5.75 Å². The van der Waals surface area contributed by atoms with Crippen molar-refractivity contribution in [2.24, 2.45) is 4.99 Å². The Morgan fingerprint density at radius 1 is 1.04 bits per heavy atom. The smallest absolute Gasteiger partial charge is 0.231 e. The first kappa shape index (κ1) is 17.9. The molecule has 0 radical (unpaired) electrons. The standard InChI is InChI=1S/C20H25N3O3/c1-2-21-20(22-11-3-4-15-5-8-17(24)9-6-15)23-13-16-7-10-18-19(12-16)26-14-25-18/h5-10,12,24H,2-4,11,13-14H2,1H3,(H2,21,22,23). The molecule has 1 aliphatic rings. The number of nitrogens with zero attached hydrogens (tertiary/aromatic N) is 1. The molecule has 0 saturated carbocycles. The normalized spacial score (nSPS) is 12.9. The first-order valence-corrected chi connectivity index (χ1v) is 8.93. The maximum absolute atomic E-state index is 9.31. The van der Waals surface area contributed by atoms with Gasteiger partial charge in [-0.15, -0.1) is 0 Å². The summed E-state index contributed by atoms with van der Waals surface area (Å²) in [7, 11) is 0. The SMILES string of the molecule is CCNC(=NCc1ccc2c(c1)OCO2)NCCCc1ccc(O)cc1. The number of fused-ring (bicyclic) bond motifs is 1. The molecule has 1 heterocycles. The third-order valence-electron chi connectivity index (χ3n) is 4.07. The van der Waals surface area contributed by atoms with Crippen LogP contribution < -0.4 is 20.1 Å². The molecule has 3 N–H and O–H groups in total. The van der Waals surface area contributed by atoms with Gasteiger partial charge in [-0.2, -0.15) is 0 Å². The maximum Gasteiger partial charge on any atom is 0.231 e. The number of aryl methyl sites for hydroxylation is 1. The molecule has 2 aromatic rings. The summed E-state index contributed by atoms with van der Waals surface area (Å²) in [5.41, 5.74) is 2.29. The first-order valence-electron chi connectivity index (χ1n) is 8.93. The molecule has 3 rings (SSSR count). The van der Waals surface area contributed by atoms with Crippen LogP contribution in [0, 0.1) is 0 Å². The van der Waals surface area contributed by atoms with Gasteiger partial charge in [-0.25, -0.2) is 4.99 Å². The molecule has 0 saturated heterocycles. The monoisotopic (exact) mass is 355 g/mol. The highest BCUT2D eigenvalue weighted by Gasteiger charge is 2.12. The Hall–Kier alpha value is -2.89. The second-order valence-corrected chi connectivity index (χ2v) is 6.08. The van der Waals surface area contributed by atoms with Crippen molar-refractivity contribution in [1.82, 2.24) is 10.6 Å². The van der Waals surface area contributed by atoms with Crippen molar-refractivity contribution in [3.63, 3.8) is 0 Å². The third-order valence-corrected chi connectivity index (χ3v) is 4.07. The number of phenols is 1. The second kappa shape index (κ2) is 8.99. The van der Waals surface area contributed by atoms with Crippen molar-refractivity contribution < 1.29 is 14.6 Å². The number of nitrogens with one attached hydrogen (secondary N) is 2. The number of aromatic hydroxyl groups is 1. The molecule has 0 fully saturated rings. The lowest BCUT2D eigenvalue weighted by Gasteiger charge is -2.11. The van der Waals surface area contributed by atoms with Gasteiger partial charge < -0.3 is 25.2 Å². The van der Waals surface area contributed by atoms with Gasteiger partial charge in [0.15, 0.2) is 17.5 Å². The van der Waals surface area contributed by atoms with E-state index < -0.39 is 0 Å². The van der Waals surface area contributed by atoms with E-state index in [4.69, 9.17) is 9.47 Å². The number of aliphatic imine (C=N–C) groups is 1. The van der Waals surface area contributed by atoms with Crippen LogP contribution in [0.25, 0.3) is 0 Å². The molecule has 26 heavy (non-hydrogen) atoms. The van der Waals surface area contributed by atoms with E-state index in [1.807, 2.05) is 37.3 Å². The molecule has 0 atom stereocenters. The molecular formula is C20H25N3O3. The summed E-state index contributed by atoms with van der Waals surface area (Å²) in [5.74, 6) is 2.68. The molecule has 6 nitrogen and oxygen atoms in total. The second-order valence-electron chi connectivity index (χ2n) is 6.08. The van der Waals surface area contributed by atoms with Crippen LogP contribution >= 0.6 is 0 Å². The summed E-state index contributed by atoms with van der Waals surface area (Å²) in [6.45, 7) is 4.55. The summed E-state index contributed by atoms with van der Waals surface area (Å²) < 4.78 is 10.7. The van der Waals surface area contributed by atoms with E-state index in [9.17, 15) is 5.11 Å². The lowest BCUT2D eigenvalue weighted by Crippen LogP contribution is -2.37. The van der Waals surface area contributed by atoms with E-state index in [2.05, 4.69) is 15.6 Å². The summed E-state index contributed by atoms with van der Waals surface area (Å²) in [6, 6.07) is 13.2. The zero-order chi connectivity index (χ0) is 18.2. The van der Waals surface area contributed by atoms with Gasteiger partial charge in [0, 0.05) is 13.1 Å². The number of ether oxygens (including phenoxy) is 2. The largest absolute Gasteiger partial charge is 0.508 e. The summed E-state index contributed by atoms with van der Waals surface area (Å²) in [4.78, 5) is 4.63. The van der Waals surface area contributed by atoms with Crippen LogP contribution in [0.1, 0.15) is 24.5 Å². The van der Waals surface area contributed by atoms with Crippen molar-refractivity contribution in [1.29, 1.82) is 0 Å². The molecular weight excluding hydrogens is 330 g/mol. The predicted octanol–water partition coefficient (Wildman–Crippen LogP) is 2.81. The zero-order valence-corrected chi connectivity index (χ0v) is 15.0. The van der Waals surface area contributed by atoms with Gasteiger partial charge in [0.25, 0.3) is 0 Å². The highest BCUT2D eigenvalue weighted by atomic mass is 16.7. The van der Waals surface area contributed by atoms with Crippen LogP contribution in [0.2, 0.25) is 0 Å². The number of hydrogen-bond donors (Lipinski definition) is 3. The predicted molar refractivity (Wildman–Crippen MR) is 102 cm³/mol. The fourth-order valence-corrected chi connectivity index (χ4v) is 2.71. The minimum atomic E-state index is 0.285. The molecule has 0 spiro atoms. The summed E-state index contributed by atoms with van der Waals surface area (Å²) in [5, 5.41) is 15.9. The Balaban J connectivity index is 1.48. The quantitative estimate of drug-likeness (QED) is 0.405. The van der Waals surface area contributed by atoms with Gasteiger partial charge in [-0.05, 0) is 55.2 Å². The van der Waals surface area contributed by atoms with Crippen LogP contribution in [0.5, 0.6) is 17.2 Å². The molecule has 2 aromatic carbocycles. The Labute approximate surface area is 153 Å². The first-order chi connectivity index (χ1) is 12.7. The van der Waals surface area contributed by atoms with Crippen LogP contribution in [-0.2, 0) is 13.0 Å². The molecule has 138 valence electrons. The molecule has 0 aliphatic carbocycles. The van der Waals surface area contributed by atoms with Gasteiger partial charge in [0.2, 0.25) is 6.79 Å². The minimum Gasteiger partial charge on any atom is -0.508 e. The number of hydrogen-bond acceptors (Lipinski definition) is 4. The van der Waals surface area contributed by atoms with Crippen LogP contribution in [-0.4, -0.2) is 30.9 Å². The highest BCUT2D eigenvalue weighted by Crippen LogP contribution is 2.32. The third kappa shape index (κ3) is 5.05. The van der Waals surface area contributed by atoms with E-state index in [0.717, 1.165) is 49.0 Å². The zero-order valence-electron chi connectivity index (χ0n) is 15.0. The number of rotatable bonds is 7. The summed E-state index contributed by atoms with van der Waals surface area (Å²) in [6.07, 6.45) is 1.94. The van der Waals surface area contributed by atoms with Crippen LogP contribution in [0.4, 0.5) is 0 Å². The lowest BCUT2D eigenvalue weighted by atomic mass is 10.1. The van der Waals surface area contributed by atoms with Gasteiger partial charge >= 0.3 is 0 Å². The van der Waals surface area contributed by atoms with Gasteiger partial charge in [0.05, 0.1) is 6.54 Å². The van der Waals surface area contributed by atoms with Crippen molar-refractivity contribution >= 4 is 5.96 Å². The van der Waals surface area contributed by atoms with Crippen molar-refractivity contribution in [3.8, 4) is 17.2 Å². The van der Waals surface area contributed by atoms with E-state index in [0.29, 0.717) is 12.3 Å². The van der Waals surface area contributed by atoms with Gasteiger partial charge in [-0.3, -0.25) is 0 Å². The minimum absolute atomic E-state index is 0.285. The van der Waals surface area contributed by atoms with E-state index >= 15 is 0 Å². The van der Waals surface area contributed by atoms with Crippen molar-refractivity contribution in [2.75, 3.05) is 19.9 Å². The summed E-state index contributed by atoms with van der Waals surface area (Å²) >= 11 is 0. The fourth-order valence-electron chi connectivity index (χ4n) is 2.71. The molecule has 0 aromatic heterocycles. The van der Waals surface area contributed by atoms with Crippen molar-refractivity contribution in [3.05, 3.63) is 53.6 Å². The molecule has 1 aliphatic heterocycles. The Morgan fingerprint density at radius 2 is 1.81 bits per heavy atom. The fraction of sp³-hybridized carbons (Fsp3) is 0.350. The molecule has 0 bridgehead atoms. The molecule has 6 heteroatoms. The number of benzene rings is 2. The molecule has 0 amide bonds. The Kier molecular flexibility index (Phi) is 6.19. The van der Waals surface area contributed by atoms with E-state index in [1.54, 1.807) is 12.1 Å². The average Bonchev–Trinajstić information content (AvgIpc) is 3.12. The van der Waals surface area contributed by atoms with Gasteiger partial charge in [-0.1, -0.05) is 18.2 Å². The van der Waals surface area contributed by atoms with Crippen LogP contribution in [0.3, 0.4) is 0 Å².